The molecule has 1 N–H and O–H groups in total. The Hall–Kier alpha value is -2.14. The van der Waals surface area contributed by atoms with Gasteiger partial charge in [-0.1, -0.05) is 39.0 Å². The third-order valence-electron chi connectivity index (χ3n) is 5.05. The molecule has 0 radical (unpaired) electrons. The number of hydrogen-bond donors (Lipinski definition) is 1. The molecule has 0 unspecified atom stereocenters. The Bertz CT molecular complexity index is 670. The third kappa shape index (κ3) is 4.10. The average Bonchev–Trinajstić information content (AvgIpc) is 2.68. The number of aryl methyl sites for hydroxylation is 2. The summed E-state index contributed by atoms with van der Waals surface area (Å²) in [4.78, 5) is 13.8. The molecule has 0 aliphatic carbocycles. The lowest BCUT2D eigenvalue weighted by Gasteiger charge is -2.34. The maximum atomic E-state index is 4.50. The smallest absolute Gasteiger partial charge is 0.135 e. The van der Waals surface area contributed by atoms with Crippen molar-refractivity contribution in [3.8, 4) is 0 Å². The van der Waals surface area contributed by atoms with Crippen LogP contribution >= 0.6 is 0 Å². The maximum absolute atomic E-state index is 4.50. The molecule has 1 aliphatic heterocycles. The van der Waals surface area contributed by atoms with Gasteiger partial charge in [-0.15, -0.1) is 0 Å². The van der Waals surface area contributed by atoms with Crippen molar-refractivity contribution in [3.05, 3.63) is 41.7 Å². The van der Waals surface area contributed by atoms with Crippen molar-refractivity contribution in [2.75, 3.05) is 42.9 Å². The van der Waals surface area contributed by atoms with E-state index in [2.05, 4.69) is 70.1 Å². The van der Waals surface area contributed by atoms with Crippen LogP contribution in [0, 0.1) is 0 Å². The second kappa shape index (κ2) is 8.30. The molecule has 2 aromatic rings. The van der Waals surface area contributed by atoms with E-state index in [1.165, 1.54) is 16.8 Å². The van der Waals surface area contributed by atoms with Gasteiger partial charge in [-0.2, -0.15) is 0 Å². The lowest BCUT2D eigenvalue weighted by Crippen LogP contribution is -2.46. The van der Waals surface area contributed by atoms with Crippen molar-refractivity contribution in [1.29, 1.82) is 0 Å². The summed E-state index contributed by atoms with van der Waals surface area (Å²) in [5.41, 5.74) is 3.86. The number of rotatable bonds is 6. The van der Waals surface area contributed by atoms with Gasteiger partial charge >= 0.3 is 0 Å². The van der Waals surface area contributed by atoms with E-state index < -0.39 is 0 Å². The van der Waals surface area contributed by atoms with Gasteiger partial charge in [-0.05, 0) is 30.5 Å². The number of aromatic nitrogens is 2. The zero-order valence-electron chi connectivity index (χ0n) is 15.6. The van der Waals surface area contributed by atoms with Gasteiger partial charge in [0.1, 0.15) is 18.0 Å². The fraction of sp³-hybridized carbons (Fsp3) is 0.500. The molecule has 2 heterocycles. The topological polar surface area (TPSA) is 44.3 Å². The van der Waals surface area contributed by atoms with Crippen molar-refractivity contribution in [2.45, 2.75) is 33.6 Å². The number of anilines is 3. The van der Waals surface area contributed by atoms with Gasteiger partial charge in [-0.3, -0.25) is 0 Å². The van der Waals surface area contributed by atoms with Crippen molar-refractivity contribution >= 4 is 17.3 Å². The summed E-state index contributed by atoms with van der Waals surface area (Å²) < 4.78 is 0. The second-order valence-electron chi connectivity index (χ2n) is 6.47. The zero-order chi connectivity index (χ0) is 17.6. The average molecular weight is 339 g/mol. The summed E-state index contributed by atoms with van der Waals surface area (Å²) in [6.07, 6.45) is 3.68. The summed E-state index contributed by atoms with van der Waals surface area (Å²) >= 11 is 0. The quantitative estimate of drug-likeness (QED) is 0.873. The van der Waals surface area contributed by atoms with Crippen LogP contribution in [0.1, 0.15) is 31.9 Å². The number of piperazine rings is 1. The fourth-order valence-electron chi connectivity index (χ4n) is 3.41. The molecule has 0 spiro atoms. The molecule has 1 aromatic carbocycles. The minimum Gasteiger partial charge on any atom is -0.354 e. The van der Waals surface area contributed by atoms with E-state index >= 15 is 0 Å². The van der Waals surface area contributed by atoms with Crippen LogP contribution < -0.4 is 10.2 Å². The molecule has 0 saturated carbocycles. The van der Waals surface area contributed by atoms with E-state index in [-0.39, 0.29) is 0 Å². The molecule has 1 aromatic heterocycles. The first kappa shape index (κ1) is 17.7. The van der Waals surface area contributed by atoms with Crippen LogP contribution in [-0.4, -0.2) is 47.6 Å². The Balaban J connectivity index is 1.79. The van der Waals surface area contributed by atoms with Gasteiger partial charge in [0.25, 0.3) is 0 Å². The van der Waals surface area contributed by atoms with Crippen molar-refractivity contribution in [3.63, 3.8) is 0 Å². The molecule has 1 aliphatic rings. The predicted octanol–water partition coefficient (Wildman–Crippen LogP) is 3.49. The molecule has 134 valence electrons. The molecular formula is C20H29N5. The van der Waals surface area contributed by atoms with Crippen molar-refractivity contribution in [1.82, 2.24) is 14.9 Å². The normalized spacial score (nSPS) is 15.4. The van der Waals surface area contributed by atoms with Gasteiger partial charge in [-0.25, -0.2) is 9.97 Å². The van der Waals surface area contributed by atoms with Crippen LogP contribution in [0.15, 0.2) is 30.6 Å². The van der Waals surface area contributed by atoms with Gasteiger partial charge in [0.15, 0.2) is 0 Å². The summed E-state index contributed by atoms with van der Waals surface area (Å²) in [5, 5.41) is 3.55. The number of benzene rings is 1. The summed E-state index contributed by atoms with van der Waals surface area (Å²) in [7, 11) is 0. The van der Waals surface area contributed by atoms with Crippen LogP contribution in [0.25, 0.3) is 0 Å². The molecule has 5 heteroatoms. The number of hydrogen-bond acceptors (Lipinski definition) is 5. The highest BCUT2D eigenvalue weighted by Gasteiger charge is 2.17. The first-order valence-corrected chi connectivity index (χ1v) is 9.42. The van der Waals surface area contributed by atoms with Gasteiger partial charge < -0.3 is 15.1 Å². The fourth-order valence-corrected chi connectivity index (χ4v) is 3.41. The molecule has 5 nitrogen and oxygen atoms in total. The maximum Gasteiger partial charge on any atom is 0.135 e. The highest BCUT2D eigenvalue weighted by molar-refractivity contribution is 5.66. The lowest BCUT2D eigenvalue weighted by atomic mass is 10.0. The Morgan fingerprint density at radius 2 is 1.64 bits per heavy atom. The lowest BCUT2D eigenvalue weighted by molar-refractivity contribution is 0.270. The predicted molar refractivity (Wildman–Crippen MR) is 105 cm³/mol. The summed E-state index contributed by atoms with van der Waals surface area (Å²) in [5.74, 6) is 1.89. The standard InChI is InChI=1S/C20H29N5/c1-4-16-8-7-9-17(5-2)20(16)23-18-14-19(22-15-21-18)25-12-10-24(6-3)11-13-25/h7-9,14-15H,4-6,10-13H2,1-3H3,(H,21,22,23). The highest BCUT2D eigenvalue weighted by Crippen LogP contribution is 2.27. The van der Waals surface area contributed by atoms with E-state index in [1.54, 1.807) is 6.33 Å². The number of para-hydroxylation sites is 1. The van der Waals surface area contributed by atoms with E-state index in [9.17, 15) is 0 Å². The summed E-state index contributed by atoms with van der Waals surface area (Å²) in [6.45, 7) is 12.0. The minimum absolute atomic E-state index is 0.874. The molecule has 1 saturated heterocycles. The molecule has 3 rings (SSSR count). The minimum atomic E-state index is 0.874. The van der Waals surface area contributed by atoms with Crippen LogP contribution in [0.2, 0.25) is 0 Å². The van der Waals surface area contributed by atoms with Crippen LogP contribution in [0.4, 0.5) is 17.3 Å². The largest absolute Gasteiger partial charge is 0.354 e. The highest BCUT2D eigenvalue weighted by atomic mass is 15.3. The van der Waals surface area contributed by atoms with E-state index in [4.69, 9.17) is 0 Å². The Morgan fingerprint density at radius 1 is 0.960 bits per heavy atom. The van der Waals surface area contributed by atoms with E-state index in [1.807, 2.05) is 0 Å². The first-order chi connectivity index (χ1) is 12.2. The van der Waals surface area contributed by atoms with Crippen LogP contribution in [-0.2, 0) is 12.8 Å². The van der Waals surface area contributed by atoms with E-state index in [0.29, 0.717) is 0 Å². The van der Waals surface area contributed by atoms with Gasteiger partial charge in [0.05, 0.1) is 0 Å². The Morgan fingerprint density at radius 3 is 2.24 bits per heavy atom. The van der Waals surface area contributed by atoms with E-state index in [0.717, 1.165) is 57.2 Å². The second-order valence-corrected chi connectivity index (χ2v) is 6.47. The Kier molecular flexibility index (Phi) is 5.87. The summed E-state index contributed by atoms with van der Waals surface area (Å²) in [6, 6.07) is 8.59. The molecule has 0 atom stereocenters. The molecule has 1 fully saturated rings. The van der Waals surface area contributed by atoms with Crippen LogP contribution in [0.5, 0.6) is 0 Å². The van der Waals surface area contributed by atoms with Gasteiger partial charge in [0.2, 0.25) is 0 Å². The number of nitrogens with zero attached hydrogens (tertiary/aromatic N) is 4. The number of nitrogens with one attached hydrogen (secondary N) is 1. The molecule has 0 amide bonds. The molecule has 25 heavy (non-hydrogen) atoms. The van der Waals surface area contributed by atoms with Crippen molar-refractivity contribution in [2.24, 2.45) is 0 Å². The van der Waals surface area contributed by atoms with Gasteiger partial charge in [0, 0.05) is 37.9 Å². The third-order valence-corrected chi connectivity index (χ3v) is 5.05. The first-order valence-electron chi connectivity index (χ1n) is 9.42. The van der Waals surface area contributed by atoms with Crippen LogP contribution in [0.3, 0.4) is 0 Å². The number of likely N-dealkylation sites (N-methyl/N-ethyl adjacent to an activating group) is 1. The van der Waals surface area contributed by atoms with Crippen molar-refractivity contribution < 1.29 is 0 Å². The molecular weight excluding hydrogens is 310 g/mol. The zero-order valence-corrected chi connectivity index (χ0v) is 15.6. The monoisotopic (exact) mass is 339 g/mol. The molecule has 0 bridgehead atoms. The Labute approximate surface area is 151 Å². The SMILES string of the molecule is CCc1cccc(CC)c1Nc1cc(N2CCN(CC)CC2)ncn1.